The van der Waals surface area contributed by atoms with Crippen LogP contribution in [-0.2, 0) is 9.47 Å². The Kier molecular flexibility index (Phi) is 7.08. The Morgan fingerprint density at radius 1 is 1.13 bits per heavy atom. The van der Waals surface area contributed by atoms with E-state index >= 15 is 0 Å². The summed E-state index contributed by atoms with van der Waals surface area (Å²) in [7, 11) is 1.26. The van der Waals surface area contributed by atoms with Gasteiger partial charge in [-0.2, -0.15) is 0 Å². The first-order valence-electron chi connectivity index (χ1n) is 9.33. The molecule has 0 unspecified atom stereocenters. The molecule has 0 saturated carbocycles. The SMILES string of the molecule is COC(=O)c1ccc(C(=O)NC(=NC[C@H]2CCCO2)Nc2cc(F)cc(F)c2)cc1. The van der Waals surface area contributed by atoms with E-state index in [1.54, 1.807) is 0 Å². The molecule has 1 heterocycles. The number of carbonyl (C=O) groups excluding carboxylic acids is 2. The molecule has 0 aromatic heterocycles. The summed E-state index contributed by atoms with van der Waals surface area (Å²) in [4.78, 5) is 28.4. The minimum absolute atomic E-state index is 0.0255. The summed E-state index contributed by atoms with van der Waals surface area (Å²) in [5.74, 6) is -2.53. The van der Waals surface area contributed by atoms with E-state index in [0.717, 1.165) is 31.0 Å². The van der Waals surface area contributed by atoms with E-state index in [2.05, 4.69) is 20.4 Å². The molecule has 0 bridgehead atoms. The highest BCUT2D eigenvalue weighted by atomic mass is 19.1. The first-order chi connectivity index (χ1) is 14.4. The topological polar surface area (TPSA) is 89.0 Å². The molecular weight excluding hydrogens is 396 g/mol. The zero-order valence-electron chi connectivity index (χ0n) is 16.3. The van der Waals surface area contributed by atoms with Crippen LogP contribution >= 0.6 is 0 Å². The number of nitrogens with zero attached hydrogens (tertiary/aromatic N) is 1. The molecule has 2 N–H and O–H groups in total. The zero-order chi connectivity index (χ0) is 21.5. The molecule has 1 atom stereocenters. The Morgan fingerprint density at radius 3 is 2.40 bits per heavy atom. The Hall–Kier alpha value is -3.33. The summed E-state index contributed by atoms with van der Waals surface area (Å²) in [6, 6.07) is 8.75. The van der Waals surface area contributed by atoms with Crippen molar-refractivity contribution in [3.63, 3.8) is 0 Å². The van der Waals surface area contributed by atoms with Gasteiger partial charge in [-0.05, 0) is 49.2 Å². The van der Waals surface area contributed by atoms with Gasteiger partial charge in [0.15, 0.2) is 0 Å². The summed E-state index contributed by atoms with van der Waals surface area (Å²) in [6.07, 6.45) is 1.69. The lowest BCUT2D eigenvalue weighted by atomic mass is 10.1. The van der Waals surface area contributed by atoms with Crippen molar-refractivity contribution in [2.75, 3.05) is 25.6 Å². The number of hydrogen-bond acceptors (Lipinski definition) is 5. The van der Waals surface area contributed by atoms with E-state index in [1.165, 1.54) is 31.4 Å². The predicted octanol–water partition coefficient (Wildman–Crippen LogP) is 3.13. The smallest absolute Gasteiger partial charge is 0.337 e. The molecule has 2 aromatic rings. The molecule has 30 heavy (non-hydrogen) atoms. The number of nitrogens with one attached hydrogen (secondary N) is 2. The summed E-state index contributed by atoms with van der Waals surface area (Å²) in [5, 5.41) is 5.32. The molecule has 1 fully saturated rings. The van der Waals surface area contributed by atoms with Crippen LogP contribution in [0.1, 0.15) is 33.6 Å². The molecule has 1 amide bonds. The van der Waals surface area contributed by atoms with Crippen LogP contribution < -0.4 is 10.6 Å². The van der Waals surface area contributed by atoms with E-state index < -0.39 is 23.5 Å². The number of amides is 1. The zero-order valence-corrected chi connectivity index (χ0v) is 16.3. The molecule has 1 aliphatic heterocycles. The molecule has 0 radical (unpaired) electrons. The maximum atomic E-state index is 13.5. The van der Waals surface area contributed by atoms with E-state index in [0.29, 0.717) is 12.2 Å². The number of hydrogen-bond donors (Lipinski definition) is 2. The third kappa shape index (κ3) is 5.84. The highest BCUT2D eigenvalue weighted by molar-refractivity contribution is 6.10. The minimum Gasteiger partial charge on any atom is -0.465 e. The number of carbonyl (C=O) groups is 2. The maximum Gasteiger partial charge on any atom is 0.337 e. The van der Waals surface area contributed by atoms with Crippen LogP contribution in [0.3, 0.4) is 0 Å². The van der Waals surface area contributed by atoms with Gasteiger partial charge in [0.1, 0.15) is 11.6 Å². The minimum atomic E-state index is -0.763. The van der Waals surface area contributed by atoms with E-state index in [4.69, 9.17) is 4.74 Å². The third-order valence-corrected chi connectivity index (χ3v) is 4.40. The molecule has 9 heteroatoms. The standard InChI is InChI=1S/C21H21F2N3O4/c1-29-20(28)14-6-4-13(5-7-14)19(27)26-21(24-12-18-3-2-8-30-18)25-17-10-15(22)9-16(23)11-17/h4-7,9-11,18H,2-3,8,12H2,1H3,(H2,24,25,26,27)/t18-/m1/s1. The average Bonchev–Trinajstić information content (AvgIpc) is 3.24. The fraction of sp³-hybridized carbons (Fsp3) is 0.286. The van der Waals surface area contributed by atoms with Gasteiger partial charge in [-0.1, -0.05) is 0 Å². The summed E-state index contributed by atoms with van der Waals surface area (Å²) in [6.45, 7) is 0.929. The van der Waals surface area contributed by atoms with Crippen LogP contribution in [0.5, 0.6) is 0 Å². The second-order valence-corrected chi connectivity index (χ2v) is 6.63. The lowest BCUT2D eigenvalue weighted by Crippen LogP contribution is -2.36. The van der Waals surface area contributed by atoms with Crippen molar-refractivity contribution in [2.45, 2.75) is 18.9 Å². The lowest BCUT2D eigenvalue weighted by molar-refractivity contribution is 0.0600. The highest BCUT2D eigenvalue weighted by Gasteiger charge is 2.17. The molecule has 3 rings (SSSR count). The normalized spacial score (nSPS) is 16.2. The highest BCUT2D eigenvalue weighted by Crippen LogP contribution is 2.14. The van der Waals surface area contributed by atoms with Gasteiger partial charge in [-0.15, -0.1) is 0 Å². The van der Waals surface area contributed by atoms with Crippen molar-refractivity contribution in [1.29, 1.82) is 0 Å². The Bertz CT molecular complexity index is 922. The fourth-order valence-corrected chi connectivity index (χ4v) is 2.91. The van der Waals surface area contributed by atoms with Gasteiger partial charge >= 0.3 is 5.97 Å². The van der Waals surface area contributed by atoms with Crippen LogP contribution in [0.25, 0.3) is 0 Å². The third-order valence-electron chi connectivity index (χ3n) is 4.40. The molecule has 7 nitrogen and oxygen atoms in total. The van der Waals surface area contributed by atoms with Crippen LogP contribution in [-0.4, -0.2) is 44.2 Å². The molecule has 1 aliphatic rings. The molecule has 1 saturated heterocycles. The number of halogens is 2. The van der Waals surface area contributed by atoms with Gasteiger partial charge in [-0.25, -0.2) is 18.6 Å². The number of aliphatic imine (C=N–C) groups is 1. The van der Waals surface area contributed by atoms with Crippen LogP contribution in [0, 0.1) is 11.6 Å². The van der Waals surface area contributed by atoms with Crippen molar-refractivity contribution in [2.24, 2.45) is 4.99 Å². The number of methoxy groups -OCH3 is 1. The number of anilines is 1. The Labute approximate surface area is 172 Å². The maximum absolute atomic E-state index is 13.5. The molecular formula is C21H21F2N3O4. The predicted molar refractivity (Wildman–Crippen MR) is 107 cm³/mol. The number of guanidine groups is 1. The number of benzene rings is 2. The van der Waals surface area contributed by atoms with Crippen molar-refractivity contribution < 1.29 is 27.8 Å². The van der Waals surface area contributed by atoms with Gasteiger partial charge < -0.3 is 14.8 Å². The van der Waals surface area contributed by atoms with E-state index in [-0.39, 0.29) is 29.9 Å². The van der Waals surface area contributed by atoms with Gasteiger partial charge in [0, 0.05) is 23.9 Å². The second kappa shape index (κ2) is 9.93. The number of esters is 1. The van der Waals surface area contributed by atoms with Gasteiger partial charge in [0.25, 0.3) is 5.91 Å². The van der Waals surface area contributed by atoms with Crippen molar-refractivity contribution >= 4 is 23.5 Å². The summed E-state index contributed by atoms with van der Waals surface area (Å²) < 4.78 is 37.2. The summed E-state index contributed by atoms with van der Waals surface area (Å²) in [5.41, 5.74) is 0.661. The van der Waals surface area contributed by atoms with Crippen LogP contribution in [0.4, 0.5) is 14.5 Å². The van der Waals surface area contributed by atoms with Crippen molar-refractivity contribution in [3.8, 4) is 0 Å². The van der Waals surface area contributed by atoms with Gasteiger partial charge in [0.2, 0.25) is 5.96 Å². The largest absolute Gasteiger partial charge is 0.465 e. The quantitative estimate of drug-likeness (QED) is 0.443. The van der Waals surface area contributed by atoms with E-state index in [9.17, 15) is 18.4 Å². The van der Waals surface area contributed by atoms with Crippen LogP contribution in [0.15, 0.2) is 47.5 Å². The fourth-order valence-electron chi connectivity index (χ4n) is 2.91. The second-order valence-electron chi connectivity index (χ2n) is 6.63. The average molecular weight is 417 g/mol. The van der Waals surface area contributed by atoms with Crippen LogP contribution in [0.2, 0.25) is 0 Å². The summed E-state index contributed by atoms with van der Waals surface area (Å²) >= 11 is 0. The lowest BCUT2D eigenvalue weighted by Gasteiger charge is -2.14. The van der Waals surface area contributed by atoms with Gasteiger partial charge in [0.05, 0.1) is 25.3 Å². The van der Waals surface area contributed by atoms with Gasteiger partial charge in [-0.3, -0.25) is 10.1 Å². The Morgan fingerprint density at radius 2 is 1.80 bits per heavy atom. The van der Waals surface area contributed by atoms with Crippen molar-refractivity contribution in [3.05, 3.63) is 65.2 Å². The first kappa shape index (κ1) is 21.4. The molecule has 0 spiro atoms. The molecule has 158 valence electrons. The number of rotatable bonds is 5. The van der Waals surface area contributed by atoms with E-state index in [1.807, 2.05) is 0 Å². The molecule has 0 aliphatic carbocycles. The van der Waals surface area contributed by atoms with Crippen molar-refractivity contribution in [1.82, 2.24) is 5.32 Å². The monoisotopic (exact) mass is 417 g/mol. The first-order valence-corrected chi connectivity index (χ1v) is 9.33. The number of ether oxygens (including phenoxy) is 2. The Balaban J connectivity index is 1.75. The molecule has 2 aromatic carbocycles.